The lowest BCUT2D eigenvalue weighted by Crippen LogP contribution is -1.91. The minimum absolute atomic E-state index is 1.07. The molecular weight excluding hydrogens is 540 g/mol. The van der Waals surface area contributed by atoms with Crippen molar-refractivity contribution in [1.29, 1.82) is 0 Å². The van der Waals surface area contributed by atoms with Gasteiger partial charge >= 0.3 is 0 Å². The molecule has 8 rings (SSSR count). The van der Waals surface area contributed by atoms with E-state index in [1.165, 1.54) is 54.9 Å². The zero-order chi connectivity index (χ0) is 25.9. The number of aromatic amines is 2. The lowest BCUT2D eigenvalue weighted by molar-refractivity contribution is 1.51. The Kier molecular flexibility index (Phi) is 5.01. The molecule has 2 aromatic heterocycles. The predicted octanol–water partition coefficient (Wildman–Crippen LogP) is 10.7. The van der Waals surface area contributed by atoms with Crippen molar-refractivity contribution < 1.29 is 0 Å². The maximum Gasteiger partial charge on any atom is 0.0545 e. The van der Waals surface area contributed by atoms with E-state index in [4.69, 9.17) is 0 Å². The Labute approximate surface area is 234 Å². The molecule has 0 radical (unpaired) electrons. The lowest BCUT2D eigenvalue weighted by atomic mass is 9.90. The Balaban J connectivity index is 1.48. The third-order valence-electron chi connectivity index (χ3n) is 7.84. The highest BCUT2D eigenvalue weighted by Gasteiger charge is 2.20. The second-order valence-corrected chi connectivity index (χ2v) is 10.9. The van der Waals surface area contributed by atoms with Crippen LogP contribution in [0.5, 0.6) is 0 Å². The summed E-state index contributed by atoms with van der Waals surface area (Å²) in [5, 5.41) is 4.95. The summed E-state index contributed by atoms with van der Waals surface area (Å²) in [6, 6.07) is 45.6. The standard InChI is InChI=1S/C36H23BrN2/c37-31-17-9-14-26(34(31)28-16-8-15-27-24-12-4-6-18-32(24)38-35(27)28)30-21-23(22-10-2-1-3-11-22)20-29-25-13-5-7-19-33(25)39-36(29)30/h1-21,38-39H. The van der Waals surface area contributed by atoms with Crippen molar-refractivity contribution in [2.75, 3.05) is 0 Å². The number of aromatic nitrogens is 2. The molecule has 0 aliphatic rings. The van der Waals surface area contributed by atoms with Gasteiger partial charge in [0.05, 0.1) is 11.0 Å². The van der Waals surface area contributed by atoms with Crippen molar-refractivity contribution in [2.24, 2.45) is 0 Å². The molecule has 0 amide bonds. The van der Waals surface area contributed by atoms with Gasteiger partial charge in [-0.1, -0.05) is 113 Å². The normalized spacial score (nSPS) is 11.7. The van der Waals surface area contributed by atoms with E-state index >= 15 is 0 Å². The first-order valence-corrected chi connectivity index (χ1v) is 13.9. The van der Waals surface area contributed by atoms with E-state index in [-0.39, 0.29) is 0 Å². The van der Waals surface area contributed by atoms with Crippen LogP contribution in [0, 0.1) is 0 Å². The van der Waals surface area contributed by atoms with Crippen molar-refractivity contribution in [3.05, 3.63) is 132 Å². The smallest absolute Gasteiger partial charge is 0.0545 e. The van der Waals surface area contributed by atoms with Gasteiger partial charge in [-0.2, -0.15) is 0 Å². The number of benzene rings is 6. The van der Waals surface area contributed by atoms with Gasteiger partial charge in [-0.25, -0.2) is 0 Å². The number of rotatable bonds is 3. The number of halogens is 1. The fraction of sp³-hybridized carbons (Fsp3) is 0. The monoisotopic (exact) mass is 562 g/mol. The molecule has 8 aromatic rings. The highest BCUT2D eigenvalue weighted by atomic mass is 79.9. The molecule has 0 fully saturated rings. The van der Waals surface area contributed by atoms with Gasteiger partial charge in [0.25, 0.3) is 0 Å². The molecular formula is C36H23BrN2. The number of para-hydroxylation sites is 3. The maximum atomic E-state index is 3.95. The molecule has 2 nitrogen and oxygen atoms in total. The van der Waals surface area contributed by atoms with E-state index in [0.29, 0.717) is 0 Å². The van der Waals surface area contributed by atoms with Gasteiger partial charge < -0.3 is 9.97 Å². The Morgan fingerprint density at radius 3 is 1.77 bits per heavy atom. The molecule has 0 aliphatic heterocycles. The van der Waals surface area contributed by atoms with Crippen molar-refractivity contribution in [3.63, 3.8) is 0 Å². The van der Waals surface area contributed by atoms with Crippen LogP contribution in [0.15, 0.2) is 132 Å². The van der Waals surface area contributed by atoms with Gasteiger partial charge in [-0.3, -0.25) is 0 Å². The molecule has 0 unspecified atom stereocenters. The zero-order valence-electron chi connectivity index (χ0n) is 21.0. The summed E-state index contributed by atoms with van der Waals surface area (Å²) in [5.41, 5.74) is 11.7. The van der Waals surface area contributed by atoms with Crippen molar-refractivity contribution in [1.82, 2.24) is 9.97 Å². The first-order valence-electron chi connectivity index (χ1n) is 13.1. The summed E-state index contributed by atoms with van der Waals surface area (Å²) in [6.07, 6.45) is 0. The Morgan fingerprint density at radius 2 is 1.00 bits per heavy atom. The van der Waals surface area contributed by atoms with Crippen LogP contribution in [-0.4, -0.2) is 9.97 Å². The number of hydrogen-bond acceptors (Lipinski definition) is 0. The van der Waals surface area contributed by atoms with Gasteiger partial charge in [0.2, 0.25) is 0 Å². The van der Waals surface area contributed by atoms with Gasteiger partial charge in [-0.15, -0.1) is 0 Å². The second kappa shape index (κ2) is 8.72. The third-order valence-corrected chi connectivity index (χ3v) is 8.50. The molecule has 184 valence electrons. The van der Waals surface area contributed by atoms with E-state index in [2.05, 4.69) is 153 Å². The number of H-pyrrole nitrogens is 2. The average molecular weight is 563 g/mol. The Hall–Kier alpha value is -4.60. The Morgan fingerprint density at radius 1 is 0.410 bits per heavy atom. The summed E-state index contributed by atoms with van der Waals surface area (Å²) in [7, 11) is 0. The quantitative estimate of drug-likeness (QED) is 0.214. The van der Waals surface area contributed by atoms with Gasteiger partial charge in [-0.05, 0) is 47.0 Å². The largest absolute Gasteiger partial charge is 0.354 e. The van der Waals surface area contributed by atoms with E-state index in [1.54, 1.807) is 0 Å². The highest BCUT2D eigenvalue weighted by molar-refractivity contribution is 9.10. The first kappa shape index (κ1) is 22.4. The van der Waals surface area contributed by atoms with Crippen LogP contribution in [-0.2, 0) is 0 Å². The summed E-state index contributed by atoms with van der Waals surface area (Å²) in [6.45, 7) is 0. The summed E-state index contributed by atoms with van der Waals surface area (Å²) < 4.78 is 1.07. The van der Waals surface area contributed by atoms with Gasteiger partial charge in [0.15, 0.2) is 0 Å². The van der Waals surface area contributed by atoms with Crippen molar-refractivity contribution >= 4 is 59.5 Å². The van der Waals surface area contributed by atoms with Crippen molar-refractivity contribution in [2.45, 2.75) is 0 Å². The average Bonchev–Trinajstić information content (AvgIpc) is 3.56. The summed E-state index contributed by atoms with van der Waals surface area (Å²) in [5.74, 6) is 0. The SMILES string of the molecule is Brc1cccc(-c2cc(-c3ccccc3)cc3c2[nH]c2ccccc23)c1-c1cccc2c1[nH]c1ccccc12. The minimum atomic E-state index is 1.07. The van der Waals surface area contributed by atoms with Gasteiger partial charge in [0.1, 0.15) is 0 Å². The van der Waals surface area contributed by atoms with Crippen LogP contribution in [0.1, 0.15) is 0 Å². The maximum absolute atomic E-state index is 3.95. The minimum Gasteiger partial charge on any atom is -0.354 e. The molecule has 0 spiro atoms. The molecule has 0 saturated carbocycles. The van der Waals surface area contributed by atoms with Crippen LogP contribution >= 0.6 is 15.9 Å². The molecule has 0 atom stereocenters. The number of hydrogen-bond donors (Lipinski definition) is 2. The topological polar surface area (TPSA) is 31.6 Å². The fourth-order valence-corrected chi connectivity index (χ4v) is 6.64. The molecule has 0 saturated heterocycles. The van der Waals surface area contributed by atoms with Crippen LogP contribution in [0.2, 0.25) is 0 Å². The fourth-order valence-electron chi connectivity index (χ4n) is 6.06. The third kappa shape index (κ3) is 3.47. The van der Waals surface area contributed by atoms with E-state index < -0.39 is 0 Å². The molecule has 2 heterocycles. The van der Waals surface area contributed by atoms with Gasteiger partial charge in [0, 0.05) is 53.7 Å². The summed E-state index contributed by atoms with van der Waals surface area (Å²) in [4.78, 5) is 7.48. The van der Waals surface area contributed by atoms with E-state index in [9.17, 15) is 0 Å². The zero-order valence-corrected chi connectivity index (χ0v) is 22.6. The van der Waals surface area contributed by atoms with Crippen LogP contribution < -0.4 is 0 Å². The number of nitrogens with one attached hydrogen (secondary N) is 2. The van der Waals surface area contributed by atoms with Crippen molar-refractivity contribution in [3.8, 4) is 33.4 Å². The lowest BCUT2D eigenvalue weighted by Gasteiger charge is -2.16. The van der Waals surface area contributed by atoms with E-state index in [1.807, 2.05) is 0 Å². The van der Waals surface area contributed by atoms with Crippen LogP contribution in [0.25, 0.3) is 77.0 Å². The predicted molar refractivity (Wildman–Crippen MR) is 169 cm³/mol. The first-order chi connectivity index (χ1) is 19.3. The molecule has 0 aliphatic carbocycles. The van der Waals surface area contributed by atoms with Crippen LogP contribution in [0.3, 0.4) is 0 Å². The van der Waals surface area contributed by atoms with Crippen LogP contribution in [0.4, 0.5) is 0 Å². The Bertz CT molecular complexity index is 2180. The highest BCUT2D eigenvalue weighted by Crippen LogP contribution is 2.45. The molecule has 2 N–H and O–H groups in total. The molecule has 0 bridgehead atoms. The molecule has 6 aromatic carbocycles. The summed E-state index contributed by atoms with van der Waals surface area (Å²) >= 11 is 3.95. The molecule has 3 heteroatoms. The second-order valence-electron chi connectivity index (χ2n) is 10.0. The van der Waals surface area contributed by atoms with E-state index in [0.717, 1.165) is 26.5 Å². The molecule has 39 heavy (non-hydrogen) atoms. The number of fused-ring (bicyclic) bond motifs is 6.